The average Bonchev–Trinajstić information content (AvgIpc) is 3.19. The topological polar surface area (TPSA) is 45.2 Å². The van der Waals surface area contributed by atoms with Gasteiger partial charge in [0.05, 0.1) is 10.2 Å². The van der Waals surface area contributed by atoms with Gasteiger partial charge in [0.15, 0.2) is 0 Å². The third kappa shape index (κ3) is 3.24. The molecule has 1 aromatic carbocycles. The van der Waals surface area contributed by atoms with Crippen molar-refractivity contribution in [3.63, 3.8) is 0 Å². The quantitative estimate of drug-likeness (QED) is 0.485. The van der Waals surface area contributed by atoms with E-state index in [9.17, 15) is 4.79 Å². The molecule has 4 nitrogen and oxygen atoms in total. The lowest BCUT2D eigenvalue weighted by molar-refractivity contribution is -0.111. The number of nitrogens with one attached hydrogen (secondary N) is 1. The Bertz CT molecular complexity index is 1080. The smallest absolute Gasteiger partial charge is 0.248 e. The first-order chi connectivity index (χ1) is 13.6. The summed E-state index contributed by atoms with van der Waals surface area (Å²) in [6, 6.07) is 6.93. The van der Waals surface area contributed by atoms with Crippen molar-refractivity contribution in [3.05, 3.63) is 45.8 Å². The molecule has 0 atom stereocenters. The zero-order chi connectivity index (χ0) is 19.3. The second-order valence-electron chi connectivity index (χ2n) is 7.34. The van der Waals surface area contributed by atoms with Gasteiger partial charge in [-0.1, -0.05) is 28.9 Å². The van der Waals surface area contributed by atoms with Crippen LogP contribution in [0.1, 0.15) is 29.7 Å². The van der Waals surface area contributed by atoms with Gasteiger partial charge in [-0.2, -0.15) is 0 Å². The molecule has 1 N–H and O–H groups in total. The van der Waals surface area contributed by atoms with Crippen LogP contribution in [0.5, 0.6) is 0 Å². The number of amides is 1. The number of thiophene rings is 1. The van der Waals surface area contributed by atoms with Gasteiger partial charge in [-0.25, -0.2) is 4.98 Å². The Balaban J connectivity index is 1.59. The summed E-state index contributed by atoms with van der Waals surface area (Å²) in [4.78, 5) is 21.0. The lowest BCUT2D eigenvalue weighted by atomic mass is 9.89. The molecule has 2 aliphatic rings. The first kappa shape index (κ1) is 18.5. The lowest BCUT2D eigenvalue weighted by Crippen LogP contribution is -2.42. The van der Waals surface area contributed by atoms with Gasteiger partial charge in [-0.3, -0.25) is 9.69 Å². The summed E-state index contributed by atoms with van der Waals surface area (Å²) in [5.74, 6) is -0.167. The number of rotatable bonds is 4. The number of thiazole rings is 1. The molecule has 3 aromatic rings. The fourth-order valence-electron chi connectivity index (χ4n) is 3.97. The van der Waals surface area contributed by atoms with Crippen molar-refractivity contribution >= 4 is 59.7 Å². The van der Waals surface area contributed by atoms with E-state index in [-0.39, 0.29) is 5.91 Å². The van der Waals surface area contributed by atoms with E-state index in [4.69, 9.17) is 4.98 Å². The van der Waals surface area contributed by atoms with Crippen molar-refractivity contribution < 1.29 is 4.79 Å². The van der Waals surface area contributed by atoms with Gasteiger partial charge >= 0.3 is 0 Å². The van der Waals surface area contributed by atoms with Gasteiger partial charge in [0.1, 0.15) is 10.0 Å². The van der Waals surface area contributed by atoms with Crippen molar-refractivity contribution in [2.45, 2.75) is 38.3 Å². The van der Waals surface area contributed by atoms with Gasteiger partial charge in [0.2, 0.25) is 5.91 Å². The predicted octanol–water partition coefficient (Wildman–Crippen LogP) is 5.82. The highest BCUT2D eigenvalue weighted by Gasteiger charge is 2.32. The summed E-state index contributed by atoms with van der Waals surface area (Å²) in [5.41, 5.74) is 3.46. The molecule has 2 aromatic heterocycles. The van der Waals surface area contributed by atoms with Crippen LogP contribution < -0.4 is 5.32 Å². The number of carbonyl (C=O) groups excluding carboxylic acids is 1. The van der Waals surface area contributed by atoms with Gasteiger partial charge in [0.25, 0.3) is 0 Å². The average molecular weight is 474 g/mol. The van der Waals surface area contributed by atoms with E-state index >= 15 is 0 Å². The fraction of sp³-hybridized carbons (Fsp3) is 0.333. The molecule has 5 rings (SSSR count). The molecule has 0 saturated heterocycles. The fourth-order valence-corrected chi connectivity index (χ4v) is 6.69. The van der Waals surface area contributed by atoms with Gasteiger partial charge < -0.3 is 5.32 Å². The summed E-state index contributed by atoms with van der Waals surface area (Å²) in [6.07, 6.45) is 6.34. The molecular weight excluding hydrogens is 454 g/mol. The molecule has 1 amide bonds. The summed E-state index contributed by atoms with van der Waals surface area (Å²) in [6.45, 7) is 5.68. The SMILES string of the molecule is C=CC(=O)Nc1sc2c(c1-c1nc3cc(Br)ccc3s1)CCN(C1CCC1)C2. The zero-order valence-electron chi connectivity index (χ0n) is 15.3. The van der Waals surface area contributed by atoms with Crippen LogP contribution in [0, 0.1) is 0 Å². The van der Waals surface area contributed by atoms with Crippen LogP contribution in [0.15, 0.2) is 35.3 Å². The number of hydrogen-bond acceptors (Lipinski definition) is 5. The van der Waals surface area contributed by atoms with E-state index in [1.54, 1.807) is 22.7 Å². The largest absolute Gasteiger partial charge is 0.314 e. The second kappa shape index (κ2) is 7.37. The van der Waals surface area contributed by atoms with Gasteiger partial charge in [0, 0.05) is 34.0 Å². The normalized spacial score (nSPS) is 17.3. The Morgan fingerprint density at radius 3 is 2.96 bits per heavy atom. The summed E-state index contributed by atoms with van der Waals surface area (Å²) in [7, 11) is 0. The van der Waals surface area contributed by atoms with Crippen molar-refractivity contribution in [1.29, 1.82) is 0 Å². The minimum Gasteiger partial charge on any atom is -0.314 e. The van der Waals surface area contributed by atoms with Crippen molar-refractivity contribution in [2.75, 3.05) is 11.9 Å². The number of nitrogens with zero attached hydrogens (tertiary/aromatic N) is 2. The Labute approximate surface area is 180 Å². The molecule has 144 valence electrons. The molecule has 1 saturated carbocycles. The second-order valence-corrected chi connectivity index (χ2v) is 10.4. The maximum atomic E-state index is 12.1. The van der Waals surface area contributed by atoms with Crippen LogP contribution >= 0.6 is 38.6 Å². The number of hydrogen-bond donors (Lipinski definition) is 1. The van der Waals surface area contributed by atoms with Crippen LogP contribution in [0.4, 0.5) is 5.00 Å². The molecule has 1 aliphatic heterocycles. The molecule has 28 heavy (non-hydrogen) atoms. The highest BCUT2D eigenvalue weighted by Crippen LogP contribution is 2.46. The highest BCUT2D eigenvalue weighted by molar-refractivity contribution is 9.10. The maximum Gasteiger partial charge on any atom is 0.248 e. The Morgan fingerprint density at radius 1 is 1.36 bits per heavy atom. The standard InChI is InChI=1S/C21H20BrN3OS2/c1-2-18(26)24-21-19(20-23-15-10-12(22)6-7-16(15)27-20)14-8-9-25(11-17(14)28-21)13-4-3-5-13/h2,6-7,10,13H,1,3-5,8-9,11H2,(H,24,26). The van der Waals surface area contributed by atoms with E-state index in [0.717, 1.165) is 55.8 Å². The molecule has 1 aliphatic carbocycles. The van der Waals surface area contributed by atoms with Crippen LogP contribution in [-0.4, -0.2) is 28.4 Å². The monoisotopic (exact) mass is 473 g/mol. The number of benzene rings is 1. The third-order valence-corrected chi connectivity index (χ3v) is 8.34. The van der Waals surface area contributed by atoms with Crippen LogP contribution in [0.3, 0.4) is 0 Å². The Kier molecular flexibility index (Phi) is 4.87. The number of carbonyl (C=O) groups is 1. The first-order valence-corrected chi connectivity index (χ1v) is 11.9. The summed E-state index contributed by atoms with van der Waals surface area (Å²) < 4.78 is 2.19. The highest BCUT2D eigenvalue weighted by atomic mass is 79.9. The van der Waals surface area contributed by atoms with E-state index in [1.165, 1.54) is 35.8 Å². The van der Waals surface area contributed by atoms with E-state index in [0.29, 0.717) is 0 Å². The van der Waals surface area contributed by atoms with Crippen LogP contribution in [-0.2, 0) is 17.8 Å². The van der Waals surface area contributed by atoms with E-state index in [1.807, 2.05) is 6.07 Å². The summed E-state index contributed by atoms with van der Waals surface area (Å²) in [5, 5.41) is 4.94. The first-order valence-electron chi connectivity index (χ1n) is 9.51. The van der Waals surface area contributed by atoms with Gasteiger partial charge in [-0.15, -0.1) is 22.7 Å². The number of halogens is 1. The van der Waals surface area contributed by atoms with Crippen molar-refractivity contribution in [3.8, 4) is 10.6 Å². The molecule has 3 heterocycles. The molecule has 0 unspecified atom stereocenters. The van der Waals surface area contributed by atoms with Crippen LogP contribution in [0.25, 0.3) is 20.8 Å². The van der Waals surface area contributed by atoms with E-state index in [2.05, 4.69) is 44.9 Å². The van der Waals surface area contributed by atoms with Crippen LogP contribution in [0.2, 0.25) is 0 Å². The molecule has 7 heteroatoms. The van der Waals surface area contributed by atoms with Crippen molar-refractivity contribution in [1.82, 2.24) is 9.88 Å². The predicted molar refractivity (Wildman–Crippen MR) is 121 cm³/mol. The maximum absolute atomic E-state index is 12.1. The minimum atomic E-state index is -0.167. The molecule has 0 bridgehead atoms. The molecule has 0 radical (unpaired) electrons. The van der Waals surface area contributed by atoms with Crippen molar-refractivity contribution in [2.24, 2.45) is 0 Å². The molecule has 0 spiro atoms. The van der Waals surface area contributed by atoms with Gasteiger partial charge in [-0.05, 0) is 49.1 Å². The number of aromatic nitrogens is 1. The van der Waals surface area contributed by atoms with E-state index < -0.39 is 0 Å². The minimum absolute atomic E-state index is 0.167. The lowest BCUT2D eigenvalue weighted by Gasteiger charge is -2.39. The Hall–Kier alpha value is -1.54. The zero-order valence-corrected chi connectivity index (χ0v) is 18.6. The third-order valence-electron chi connectivity index (χ3n) is 5.66. The molecule has 1 fully saturated rings. The Morgan fingerprint density at radius 2 is 2.21 bits per heavy atom. The molecular formula is C21H20BrN3OS2. The number of fused-ring (bicyclic) bond motifs is 2. The summed E-state index contributed by atoms with van der Waals surface area (Å²) >= 11 is 6.93. The number of anilines is 1.